The first-order valence-corrected chi connectivity index (χ1v) is 8.12. The molecule has 1 rings (SSSR count). The molecule has 0 radical (unpaired) electrons. The van der Waals surface area contributed by atoms with E-state index >= 15 is 0 Å². The lowest BCUT2D eigenvalue weighted by atomic mass is 10.1. The molecule has 0 spiro atoms. The molecule has 1 atom stereocenters. The summed E-state index contributed by atoms with van der Waals surface area (Å²) < 4.78 is 6.91. The molecule has 3 heteroatoms. The predicted octanol–water partition coefficient (Wildman–Crippen LogP) is 5.21. The van der Waals surface area contributed by atoms with E-state index in [0.29, 0.717) is 0 Å². The van der Waals surface area contributed by atoms with Crippen molar-refractivity contribution in [1.29, 1.82) is 0 Å². The van der Waals surface area contributed by atoms with E-state index in [-0.39, 0.29) is 6.04 Å². The third kappa shape index (κ3) is 6.44. The highest BCUT2D eigenvalue weighted by Gasteiger charge is 2.08. The van der Waals surface area contributed by atoms with Gasteiger partial charge in [-0.25, -0.2) is 0 Å². The fourth-order valence-electron chi connectivity index (χ4n) is 2.07. The molecular weight excluding hydrogens is 302 g/mol. The third-order valence-electron chi connectivity index (χ3n) is 3.22. The summed E-state index contributed by atoms with van der Waals surface area (Å²) in [5, 5.41) is 0. The first-order valence-electron chi connectivity index (χ1n) is 7.33. The van der Waals surface area contributed by atoms with Crippen LogP contribution in [0.2, 0.25) is 0 Å². The molecule has 0 bridgehead atoms. The molecule has 2 N–H and O–H groups in total. The highest BCUT2D eigenvalue weighted by Crippen LogP contribution is 2.27. The van der Waals surface area contributed by atoms with Gasteiger partial charge in [0.15, 0.2) is 0 Å². The van der Waals surface area contributed by atoms with Crippen molar-refractivity contribution in [2.24, 2.45) is 5.73 Å². The molecule has 0 aliphatic carbocycles. The summed E-state index contributed by atoms with van der Waals surface area (Å²) in [4.78, 5) is 0. The molecule has 0 aromatic heterocycles. The Kier molecular flexibility index (Phi) is 8.15. The molecule has 1 aromatic carbocycles. The Bertz CT molecular complexity index is 366. The summed E-state index contributed by atoms with van der Waals surface area (Å²) in [6.45, 7) is 5.01. The van der Waals surface area contributed by atoms with Crippen molar-refractivity contribution in [3.63, 3.8) is 0 Å². The summed E-state index contributed by atoms with van der Waals surface area (Å²) in [5.41, 5.74) is 7.03. The first-order chi connectivity index (χ1) is 9.15. The maximum absolute atomic E-state index is 5.95. The third-order valence-corrected chi connectivity index (χ3v) is 3.71. The molecule has 0 aliphatic heterocycles. The van der Waals surface area contributed by atoms with Crippen LogP contribution >= 0.6 is 15.9 Å². The van der Waals surface area contributed by atoms with E-state index in [0.717, 1.165) is 28.8 Å². The van der Waals surface area contributed by atoms with E-state index < -0.39 is 0 Å². The Hall–Kier alpha value is -0.540. The quantitative estimate of drug-likeness (QED) is 0.632. The van der Waals surface area contributed by atoms with Crippen molar-refractivity contribution in [2.75, 3.05) is 6.61 Å². The second-order valence-electron chi connectivity index (χ2n) is 5.09. The minimum absolute atomic E-state index is 0.00709. The standard InChI is InChI=1S/C16H26BrNO/c1-3-4-5-6-7-8-11-19-16-12-14(17)9-10-15(16)13(2)18/h9-10,12-13H,3-8,11,18H2,1-2H3/t13-/m1/s1. The van der Waals surface area contributed by atoms with Crippen molar-refractivity contribution < 1.29 is 4.74 Å². The highest BCUT2D eigenvalue weighted by atomic mass is 79.9. The minimum atomic E-state index is 0.00709. The molecule has 0 saturated heterocycles. The van der Waals surface area contributed by atoms with Gasteiger partial charge in [0.25, 0.3) is 0 Å². The van der Waals surface area contributed by atoms with Gasteiger partial charge in [0.2, 0.25) is 0 Å². The van der Waals surface area contributed by atoms with Crippen LogP contribution in [0.5, 0.6) is 5.75 Å². The van der Waals surface area contributed by atoms with Crippen molar-refractivity contribution in [1.82, 2.24) is 0 Å². The number of ether oxygens (including phenoxy) is 1. The zero-order valence-corrected chi connectivity index (χ0v) is 13.7. The Balaban J connectivity index is 2.34. The molecule has 2 nitrogen and oxygen atoms in total. The number of benzene rings is 1. The number of halogens is 1. The monoisotopic (exact) mass is 327 g/mol. The average molecular weight is 328 g/mol. The van der Waals surface area contributed by atoms with Crippen LogP contribution < -0.4 is 10.5 Å². The first kappa shape index (κ1) is 16.5. The Labute approximate surface area is 125 Å². The number of nitrogens with two attached hydrogens (primary N) is 1. The summed E-state index contributed by atoms with van der Waals surface area (Å²) in [5.74, 6) is 0.915. The zero-order valence-electron chi connectivity index (χ0n) is 12.1. The van der Waals surface area contributed by atoms with Crippen LogP contribution in [0.3, 0.4) is 0 Å². The number of unbranched alkanes of at least 4 members (excludes halogenated alkanes) is 5. The molecule has 19 heavy (non-hydrogen) atoms. The molecule has 0 unspecified atom stereocenters. The molecule has 108 valence electrons. The van der Waals surface area contributed by atoms with Gasteiger partial charge < -0.3 is 10.5 Å². The molecule has 1 aromatic rings. The zero-order chi connectivity index (χ0) is 14.1. The largest absolute Gasteiger partial charge is 0.493 e. The van der Waals surface area contributed by atoms with Gasteiger partial charge >= 0.3 is 0 Å². The van der Waals surface area contributed by atoms with Crippen LogP contribution in [0.4, 0.5) is 0 Å². The van der Waals surface area contributed by atoms with Crippen molar-refractivity contribution in [2.45, 2.75) is 58.4 Å². The van der Waals surface area contributed by atoms with E-state index in [4.69, 9.17) is 10.5 Å². The van der Waals surface area contributed by atoms with Crippen LogP contribution in [-0.2, 0) is 0 Å². The highest BCUT2D eigenvalue weighted by molar-refractivity contribution is 9.10. The smallest absolute Gasteiger partial charge is 0.125 e. The summed E-state index contributed by atoms with van der Waals surface area (Å²) in [6.07, 6.45) is 7.68. The normalized spacial score (nSPS) is 12.4. The molecule has 0 saturated carbocycles. The summed E-state index contributed by atoms with van der Waals surface area (Å²) in [6, 6.07) is 6.06. The second-order valence-corrected chi connectivity index (χ2v) is 6.00. The van der Waals surface area contributed by atoms with E-state index in [1.54, 1.807) is 0 Å². The Morgan fingerprint density at radius 3 is 2.53 bits per heavy atom. The molecule has 0 amide bonds. The van der Waals surface area contributed by atoms with Crippen LogP contribution in [-0.4, -0.2) is 6.61 Å². The van der Waals surface area contributed by atoms with Gasteiger partial charge in [-0.1, -0.05) is 61.0 Å². The van der Waals surface area contributed by atoms with Crippen LogP contribution in [0.25, 0.3) is 0 Å². The lowest BCUT2D eigenvalue weighted by molar-refractivity contribution is 0.300. The van der Waals surface area contributed by atoms with Gasteiger partial charge in [0, 0.05) is 16.1 Å². The van der Waals surface area contributed by atoms with Crippen molar-refractivity contribution in [3.8, 4) is 5.75 Å². The Morgan fingerprint density at radius 1 is 1.16 bits per heavy atom. The number of hydrogen-bond acceptors (Lipinski definition) is 2. The van der Waals surface area contributed by atoms with E-state index in [1.165, 1.54) is 32.1 Å². The van der Waals surface area contributed by atoms with E-state index in [9.17, 15) is 0 Å². The average Bonchev–Trinajstić information content (AvgIpc) is 2.37. The fraction of sp³-hybridized carbons (Fsp3) is 0.625. The van der Waals surface area contributed by atoms with Gasteiger partial charge in [0.1, 0.15) is 5.75 Å². The maximum Gasteiger partial charge on any atom is 0.125 e. The minimum Gasteiger partial charge on any atom is -0.493 e. The molecule has 0 aliphatic rings. The van der Waals surface area contributed by atoms with Gasteiger partial charge in [-0.05, 0) is 25.5 Å². The van der Waals surface area contributed by atoms with Crippen molar-refractivity contribution in [3.05, 3.63) is 28.2 Å². The van der Waals surface area contributed by atoms with Gasteiger partial charge in [-0.15, -0.1) is 0 Å². The Morgan fingerprint density at radius 2 is 1.84 bits per heavy atom. The lowest BCUT2D eigenvalue weighted by Crippen LogP contribution is -2.08. The van der Waals surface area contributed by atoms with Crippen molar-refractivity contribution >= 4 is 15.9 Å². The lowest BCUT2D eigenvalue weighted by Gasteiger charge is -2.14. The summed E-state index contributed by atoms with van der Waals surface area (Å²) >= 11 is 3.48. The number of rotatable bonds is 9. The van der Waals surface area contributed by atoms with Crippen LogP contribution in [0, 0.1) is 0 Å². The van der Waals surface area contributed by atoms with Gasteiger partial charge in [-0.3, -0.25) is 0 Å². The van der Waals surface area contributed by atoms with Crippen LogP contribution in [0.1, 0.15) is 64.0 Å². The predicted molar refractivity (Wildman–Crippen MR) is 85.6 cm³/mol. The fourth-order valence-corrected chi connectivity index (χ4v) is 2.41. The second kappa shape index (κ2) is 9.38. The molecular formula is C16H26BrNO. The van der Waals surface area contributed by atoms with E-state index in [1.807, 2.05) is 25.1 Å². The number of hydrogen-bond donors (Lipinski definition) is 1. The topological polar surface area (TPSA) is 35.2 Å². The van der Waals surface area contributed by atoms with E-state index in [2.05, 4.69) is 22.9 Å². The maximum atomic E-state index is 5.95. The van der Waals surface area contributed by atoms with Gasteiger partial charge in [-0.2, -0.15) is 0 Å². The molecule has 0 fully saturated rings. The van der Waals surface area contributed by atoms with Crippen LogP contribution in [0.15, 0.2) is 22.7 Å². The molecule has 0 heterocycles. The SMILES string of the molecule is CCCCCCCCOc1cc(Br)ccc1[C@@H](C)N. The van der Waals surface area contributed by atoms with Gasteiger partial charge in [0.05, 0.1) is 6.61 Å². The summed E-state index contributed by atoms with van der Waals surface area (Å²) in [7, 11) is 0.